The van der Waals surface area contributed by atoms with Crippen LogP contribution in [0.4, 0.5) is 0 Å². The van der Waals surface area contributed by atoms with Gasteiger partial charge in [0.2, 0.25) is 5.91 Å². The highest BCUT2D eigenvalue weighted by Crippen LogP contribution is 2.23. The summed E-state index contributed by atoms with van der Waals surface area (Å²) in [5.41, 5.74) is 10.4. The minimum absolute atomic E-state index is 0.151. The minimum atomic E-state index is -0.402. The van der Waals surface area contributed by atoms with E-state index in [9.17, 15) is 9.59 Å². The van der Waals surface area contributed by atoms with Crippen molar-refractivity contribution >= 4 is 23.6 Å². The predicted molar refractivity (Wildman–Crippen MR) is 98.2 cm³/mol. The molecule has 126 valence electrons. The number of hydrogen-bond acceptors (Lipinski definition) is 3. The molecule has 0 aliphatic rings. The molecule has 0 atom stereocenters. The van der Waals surface area contributed by atoms with E-state index in [1.165, 1.54) is 28.5 Å². The Balaban J connectivity index is 2.12. The Bertz CT molecular complexity index is 749. The third-order valence-electron chi connectivity index (χ3n) is 3.77. The predicted octanol–water partition coefficient (Wildman–Crippen LogP) is 3.12. The Labute approximate surface area is 146 Å². The first-order valence-corrected chi connectivity index (χ1v) is 8.72. The molecule has 0 saturated carbocycles. The topological polar surface area (TPSA) is 72.2 Å². The lowest BCUT2D eigenvalue weighted by atomic mass is 10.00. The lowest BCUT2D eigenvalue weighted by molar-refractivity contribution is -0.115. The maximum absolute atomic E-state index is 12.5. The molecule has 0 aromatic heterocycles. The summed E-state index contributed by atoms with van der Waals surface area (Å²) in [7, 11) is 0. The summed E-state index contributed by atoms with van der Waals surface area (Å²) >= 11 is 1.28. The second kappa shape index (κ2) is 8.02. The van der Waals surface area contributed by atoms with Crippen molar-refractivity contribution in [2.24, 2.45) is 5.73 Å². The highest BCUT2D eigenvalue weighted by molar-refractivity contribution is 8.00. The number of thioether (sulfide) groups is 1. The molecule has 2 aromatic rings. The van der Waals surface area contributed by atoms with Crippen molar-refractivity contribution in [3.05, 3.63) is 64.2 Å². The van der Waals surface area contributed by atoms with Gasteiger partial charge in [-0.25, -0.2) is 0 Å². The molecule has 2 rings (SSSR count). The van der Waals surface area contributed by atoms with Crippen LogP contribution < -0.4 is 11.1 Å². The summed E-state index contributed by atoms with van der Waals surface area (Å²) in [6.45, 7) is 6.65. The Morgan fingerprint density at radius 1 is 1.08 bits per heavy atom. The molecule has 0 unspecified atom stereocenters. The molecule has 0 heterocycles. The number of primary amides is 1. The first-order valence-electron chi connectivity index (χ1n) is 7.73. The number of carbonyl (C=O) groups excluding carboxylic acids is 2. The first-order chi connectivity index (χ1) is 11.4. The van der Waals surface area contributed by atoms with Crippen LogP contribution in [-0.2, 0) is 11.3 Å². The maximum atomic E-state index is 12.5. The summed E-state index contributed by atoms with van der Waals surface area (Å²) in [4.78, 5) is 24.3. The van der Waals surface area contributed by atoms with Crippen molar-refractivity contribution in [2.75, 3.05) is 5.75 Å². The minimum Gasteiger partial charge on any atom is -0.369 e. The monoisotopic (exact) mass is 342 g/mol. The molecule has 0 aliphatic carbocycles. The third kappa shape index (κ3) is 4.61. The van der Waals surface area contributed by atoms with Gasteiger partial charge in [-0.15, -0.1) is 11.8 Å². The number of hydrogen-bond donors (Lipinski definition) is 2. The fourth-order valence-corrected chi connectivity index (χ4v) is 3.47. The normalized spacial score (nSPS) is 10.5. The zero-order valence-electron chi connectivity index (χ0n) is 14.2. The molecule has 5 heteroatoms. The molecule has 2 amide bonds. The van der Waals surface area contributed by atoms with E-state index in [4.69, 9.17) is 5.73 Å². The highest BCUT2D eigenvalue weighted by atomic mass is 32.2. The van der Waals surface area contributed by atoms with Crippen LogP contribution in [0.15, 0.2) is 41.3 Å². The van der Waals surface area contributed by atoms with Crippen LogP contribution in [0.5, 0.6) is 0 Å². The van der Waals surface area contributed by atoms with Crippen molar-refractivity contribution in [1.29, 1.82) is 0 Å². The van der Waals surface area contributed by atoms with Crippen LogP contribution in [-0.4, -0.2) is 17.6 Å². The lowest BCUT2D eigenvalue weighted by Crippen LogP contribution is -2.24. The van der Waals surface area contributed by atoms with Gasteiger partial charge >= 0.3 is 0 Å². The van der Waals surface area contributed by atoms with Gasteiger partial charge < -0.3 is 11.1 Å². The van der Waals surface area contributed by atoms with E-state index < -0.39 is 5.91 Å². The number of carbonyl (C=O) groups is 2. The van der Waals surface area contributed by atoms with E-state index in [1.54, 1.807) is 6.07 Å². The smallest absolute Gasteiger partial charge is 0.252 e. The van der Waals surface area contributed by atoms with Gasteiger partial charge in [-0.05, 0) is 49.6 Å². The van der Waals surface area contributed by atoms with Crippen LogP contribution in [0.1, 0.15) is 32.6 Å². The molecule has 0 radical (unpaired) electrons. The number of benzene rings is 2. The summed E-state index contributed by atoms with van der Waals surface area (Å²) in [5.74, 6) is -0.399. The average Bonchev–Trinajstić information content (AvgIpc) is 2.52. The fraction of sp³-hybridized carbons (Fsp3) is 0.263. The van der Waals surface area contributed by atoms with Gasteiger partial charge in [0.15, 0.2) is 0 Å². The van der Waals surface area contributed by atoms with Crippen LogP contribution in [0.3, 0.4) is 0 Å². The molecule has 0 spiro atoms. The number of nitrogens with one attached hydrogen (secondary N) is 1. The van der Waals surface area contributed by atoms with Crippen LogP contribution in [0.2, 0.25) is 0 Å². The zero-order valence-corrected chi connectivity index (χ0v) is 15.0. The number of nitrogens with two attached hydrogens (primary N) is 1. The largest absolute Gasteiger partial charge is 0.369 e. The molecule has 0 fully saturated rings. The second-order valence-corrected chi connectivity index (χ2v) is 6.83. The van der Waals surface area contributed by atoms with Crippen molar-refractivity contribution in [3.63, 3.8) is 0 Å². The lowest BCUT2D eigenvalue weighted by Gasteiger charge is -2.13. The maximum Gasteiger partial charge on any atom is 0.252 e. The van der Waals surface area contributed by atoms with E-state index >= 15 is 0 Å². The van der Waals surface area contributed by atoms with Gasteiger partial charge in [0.1, 0.15) is 0 Å². The van der Waals surface area contributed by atoms with Crippen molar-refractivity contribution in [3.8, 4) is 0 Å². The Hall–Kier alpha value is -2.27. The molecule has 4 nitrogen and oxygen atoms in total. The summed E-state index contributed by atoms with van der Waals surface area (Å²) in [6, 6.07) is 11.5. The SMILES string of the molecule is Cc1cc(C)c(CNC(=O)c2ccccc2SCC(N)=O)c(C)c1. The second-order valence-electron chi connectivity index (χ2n) is 5.81. The summed E-state index contributed by atoms with van der Waals surface area (Å²) in [5, 5.41) is 2.98. The van der Waals surface area contributed by atoms with Crippen LogP contribution in [0.25, 0.3) is 0 Å². The van der Waals surface area contributed by atoms with Crippen LogP contribution in [0, 0.1) is 20.8 Å². The van der Waals surface area contributed by atoms with Gasteiger partial charge in [0.05, 0.1) is 11.3 Å². The standard InChI is InChI=1S/C19H22N2O2S/c1-12-8-13(2)16(14(3)9-12)10-21-19(23)15-6-4-5-7-17(15)24-11-18(20)22/h4-9H,10-11H2,1-3H3,(H2,20,22)(H,21,23). The molecular weight excluding hydrogens is 320 g/mol. The third-order valence-corrected chi connectivity index (χ3v) is 4.86. The van der Waals surface area contributed by atoms with Crippen molar-refractivity contribution < 1.29 is 9.59 Å². The molecule has 0 aliphatic heterocycles. The zero-order chi connectivity index (χ0) is 17.7. The van der Waals surface area contributed by atoms with Crippen LogP contribution >= 0.6 is 11.8 Å². The van der Waals surface area contributed by atoms with Gasteiger partial charge in [-0.3, -0.25) is 9.59 Å². The molecule has 0 saturated heterocycles. The Morgan fingerprint density at radius 3 is 2.33 bits per heavy atom. The Morgan fingerprint density at radius 2 is 1.71 bits per heavy atom. The van der Waals surface area contributed by atoms with E-state index in [2.05, 4.69) is 38.2 Å². The van der Waals surface area contributed by atoms with Crippen molar-refractivity contribution in [1.82, 2.24) is 5.32 Å². The molecule has 0 bridgehead atoms. The van der Waals surface area contributed by atoms with E-state index in [0.717, 1.165) is 10.5 Å². The quantitative estimate of drug-likeness (QED) is 0.792. The Kier molecular flexibility index (Phi) is 6.04. The van der Waals surface area contributed by atoms with Gasteiger partial charge in [0.25, 0.3) is 5.91 Å². The summed E-state index contributed by atoms with van der Waals surface area (Å²) < 4.78 is 0. The number of aryl methyl sites for hydroxylation is 3. The van der Waals surface area contributed by atoms with Crippen molar-refractivity contribution in [2.45, 2.75) is 32.2 Å². The number of rotatable bonds is 6. The highest BCUT2D eigenvalue weighted by Gasteiger charge is 2.13. The first kappa shape index (κ1) is 18.1. The fourth-order valence-electron chi connectivity index (χ4n) is 2.68. The molecule has 3 N–H and O–H groups in total. The van der Waals surface area contributed by atoms with Gasteiger partial charge in [-0.1, -0.05) is 29.8 Å². The van der Waals surface area contributed by atoms with E-state index in [1.807, 2.05) is 18.2 Å². The van der Waals surface area contributed by atoms with Gasteiger partial charge in [-0.2, -0.15) is 0 Å². The summed E-state index contributed by atoms with van der Waals surface area (Å²) in [6.07, 6.45) is 0. The average molecular weight is 342 g/mol. The molecular formula is C19H22N2O2S. The van der Waals surface area contributed by atoms with Gasteiger partial charge in [0, 0.05) is 11.4 Å². The molecule has 2 aromatic carbocycles. The number of amides is 2. The van der Waals surface area contributed by atoms with E-state index in [-0.39, 0.29) is 11.7 Å². The van der Waals surface area contributed by atoms with E-state index in [0.29, 0.717) is 12.1 Å². The molecule has 24 heavy (non-hydrogen) atoms.